The summed E-state index contributed by atoms with van der Waals surface area (Å²) in [5.74, 6) is -0.0964. The van der Waals surface area contributed by atoms with Crippen LogP contribution in [0.1, 0.15) is 37.0 Å². The molecule has 6 heteroatoms. The first kappa shape index (κ1) is 17.3. The van der Waals surface area contributed by atoms with Crippen molar-refractivity contribution >= 4 is 17.6 Å². The molecule has 1 aliphatic rings. The highest BCUT2D eigenvalue weighted by Crippen LogP contribution is 2.42. The second-order valence-electron chi connectivity index (χ2n) is 5.68. The summed E-state index contributed by atoms with van der Waals surface area (Å²) in [4.78, 5) is 24.4. The van der Waals surface area contributed by atoms with Crippen molar-refractivity contribution in [3.8, 4) is 5.75 Å². The average Bonchev–Trinajstić information content (AvgIpc) is 3.39. The van der Waals surface area contributed by atoms with Gasteiger partial charge in [0.2, 0.25) is 0 Å². The zero-order valence-electron chi connectivity index (χ0n) is 14.0. The van der Waals surface area contributed by atoms with E-state index in [2.05, 4.69) is 5.32 Å². The van der Waals surface area contributed by atoms with E-state index in [0.29, 0.717) is 18.0 Å². The number of ether oxygens (including phenoxy) is 3. The molecule has 0 bridgehead atoms. The van der Waals surface area contributed by atoms with Gasteiger partial charge in [-0.05, 0) is 50.8 Å². The molecule has 1 fully saturated rings. The first-order chi connectivity index (χ1) is 11.0. The van der Waals surface area contributed by atoms with Gasteiger partial charge in [-0.3, -0.25) is 4.79 Å². The number of hydrogen-bond donors (Lipinski definition) is 1. The fourth-order valence-electron chi connectivity index (χ4n) is 2.61. The molecule has 0 aliphatic heterocycles. The van der Waals surface area contributed by atoms with Gasteiger partial charge in [-0.1, -0.05) is 0 Å². The molecule has 2 rings (SSSR count). The van der Waals surface area contributed by atoms with Gasteiger partial charge < -0.3 is 19.5 Å². The van der Waals surface area contributed by atoms with Crippen molar-refractivity contribution in [3.05, 3.63) is 23.8 Å². The molecule has 1 amide bonds. The molecule has 0 spiro atoms. The number of anilines is 1. The number of amides is 1. The standard InChI is InChI=1S/C17H23NO5/c1-5-23-17(2,11-6-7-11)16(20)18-12-8-9-14(21-3)13(10-12)15(19)22-4/h8-11H,5-7H2,1-4H3,(H,18,20). The number of hydrogen-bond acceptors (Lipinski definition) is 5. The quantitative estimate of drug-likeness (QED) is 0.782. The fourth-order valence-corrected chi connectivity index (χ4v) is 2.61. The predicted octanol–water partition coefficient (Wildman–Crippen LogP) is 2.63. The average molecular weight is 321 g/mol. The lowest BCUT2D eigenvalue weighted by Gasteiger charge is -2.28. The Morgan fingerprint density at radius 3 is 2.52 bits per heavy atom. The largest absolute Gasteiger partial charge is 0.496 e. The molecule has 1 N–H and O–H groups in total. The van der Waals surface area contributed by atoms with Crippen molar-refractivity contribution < 1.29 is 23.8 Å². The molecule has 1 atom stereocenters. The topological polar surface area (TPSA) is 73.9 Å². The summed E-state index contributed by atoms with van der Waals surface area (Å²) in [7, 11) is 2.77. The van der Waals surface area contributed by atoms with Crippen LogP contribution in [0.15, 0.2) is 18.2 Å². The molecule has 0 saturated heterocycles. The first-order valence-electron chi connectivity index (χ1n) is 7.68. The van der Waals surface area contributed by atoms with Crippen molar-refractivity contribution in [2.24, 2.45) is 5.92 Å². The molecule has 1 saturated carbocycles. The first-order valence-corrected chi connectivity index (χ1v) is 7.68. The SMILES string of the molecule is CCOC(C)(C(=O)Nc1ccc(OC)c(C(=O)OC)c1)C1CC1. The smallest absolute Gasteiger partial charge is 0.341 e. The van der Waals surface area contributed by atoms with Gasteiger partial charge in [-0.2, -0.15) is 0 Å². The minimum atomic E-state index is -0.847. The Kier molecular flexibility index (Phi) is 5.26. The summed E-state index contributed by atoms with van der Waals surface area (Å²) >= 11 is 0. The van der Waals surface area contributed by atoms with E-state index < -0.39 is 11.6 Å². The van der Waals surface area contributed by atoms with Crippen LogP contribution in [-0.2, 0) is 14.3 Å². The Labute approximate surface area is 136 Å². The highest BCUT2D eigenvalue weighted by Gasteiger charge is 2.48. The third-order valence-corrected chi connectivity index (χ3v) is 4.11. The summed E-state index contributed by atoms with van der Waals surface area (Å²) in [6, 6.07) is 4.85. The van der Waals surface area contributed by atoms with E-state index in [-0.39, 0.29) is 17.4 Å². The molecule has 1 unspecified atom stereocenters. The van der Waals surface area contributed by atoms with Gasteiger partial charge in [0.15, 0.2) is 0 Å². The lowest BCUT2D eigenvalue weighted by Crippen LogP contribution is -2.44. The number of esters is 1. The summed E-state index contributed by atoms with van der Waals surface area (Å²) in [5, 5.41) is 2.83. The monoisotopic (exact) mass is 321 g/mol. The molecule has 0 radical (unpaired) electrons. The minimum Gasteiger partial charge on any atom is -0.496 e. The Bertz CT molecular complexity index is 597. The molecule has 1 aliphatic carbocycles. The lowest BCUT2D eigenvalue weighted by atomic mass is 9.98. The Balaban J connectivity index is 2.22. The second kappa shape index (κ2) is 7.00. The van der Waals surface area contributed by atoms with E-state index in [1.807, 2.05) is 13.8 Å². The van der Waals surface area contributed by atoms with Crippen LogP contribution in [0.3, 0.4) is 0 Å². The summed E-state index contributed by atoms with van der Waals surface area (Å²) < 4.78 is 15.6. The zero-order chi connectivity index (χ0) is 17.0. The number of nitrogens with one attached hydrogen (secondary N) is 1. The number of carbonyl (C=O) groups excluding carboxylic acids is 2. The maximum Gasteiger partial charge on any atom is 0.341 e. The molecule has 6 nitrogen and oxygen atoms in total. The van der Waals surface area contributed by atoms with Crippen molar-refractivity contribution in [2.75, 3.05) is 26.1 Å². The second-order valence-corrected chi connectivity index (χ2v) is 5.68. The third-order valence-electron chi connectivity index (χ3n) is 4.11. The van der Waals surface area contributed by atoms with E-state index in [1.54, 1.807) is 18.2 Å². The predicted molar refractivity (Wildman–Crippen MR) is 85.7 cm³/mol. The fraction of sp³-hybridized carbons (Fsp3) is 0.529. The zero-order valence-corrected chi connectivity index (χ0v) is 14.0. The van der Waals surface area contributed by atoms with Gasteiger partial charge in [0.25, 0.3) is 5.91 Å². The Hall–Kier alpha value is -2.08. The number of methoxy groups -OCH3 is 2. The van der Waals surface area contributed by atoms with E-state index >= 15 is 0 Å². The summed E-state index contributed by atoms with van der Waals surface area (Å²) in [6.45, 7) is 4.15. The number of carbonyl (C=O) groups is 2. The van der Waals surface area contributed by atoms with Crippen LogP contribution in [-0.4, -0.2) is 38.3 Å². The van der Waals surface area contributed by atoms with Crippen LogP contribution in [0.5, 0.6) is 5.75 Å². The third kappa shape index (κ3) is 3.64. The van der Waals surface area contributed by atoms with Gasteiger partial charge in [-0.15, -0.1) is 0 Å². The Morgan fingerprint density at radius 1 is 1.30 bits per heavy atom. The van der Waals surface area contributed by atoms with E-state index in [9.17, 15) is 9.59 Å². The van der Waals surface area contributed by atoms with Crippen LogP contribution in [0, 0.1) is 5.92 Å². The van der Waals surface area contributed by atoms with Crippen LogP contribution >= 0.6 is 0 Å². The van der Waals surface area contributed by atoms with Gasteiger partial charge in [0, 0.05) is 12.3 Å². The van der Waals surface area contributed by atoms with Gasteiger partial charge in [-0.25, -0.2) is 4.79 Å². The molecule has 23 heavy (non-hydrogen) atoms. The van der Waals surface area contributed by atoms with Crippen LogP contribution in [0.4, 0.5) is 5.69 Å². The Morgan fingerprint density at radius 2 is 2.00 bits per heavy atom. The maximum absolute atomic E-state index is 12.6. The molecule has 0 aromatic heterocycles. The maximum atomic E-state index is 12.6. The van der Waals surface area contributed by atoms with E-state index in [0.717, 1.165) is 12.8 Å². The number of benzene rings is 1. The molecule has 0 heterocycles. The molecule has 1 aromatic carbocycles. The van der Waals surface area contributed by atoms with Gasteiger partial charge >= 0.3 is 5.97 Å². The molecular formula is C17H23NO5. The van der Waals surface area contributed by atoms with Gasteiger partial charge in [0.05, 0.1) is 14.2 Å². The van der Waals surface area contributed by atoms with E-state index in [1.165, 1.54) is 14.2 Å². The lowest BCUT2D eigenvalue weighted by molar-refractivity contribution is -0.141. The number of rotatable bonds is 7. The van der Waals surface area contributed by atoms with Crippen molar-refractivity contribution in [2.45, 2.75) is 32.3 Å². The minimum absolute atomic E-state index is 0.206. The molecular weight excluding hydrogens is 298 g/mol. The summed E-state index contributed by atoms with van der Waals surface area (Å²) in [6.07, 6.45) is 1.97. The molecule has 1 aromatic rings. The normalized spacial score (nSPS) is 16.3. The highest BCUT2D eigenvalue weighted by molar-refractivity contribution is 5.99. The molecule has 126 valence electrons. The van der Waals surface area contributed by atoms with Gasteiger partial charge in [0.1, 0.15) is 16.9 Å². The van der Waals surface area contributed by atoms with Crippen LogP contribution < -0.4 is 10.1 Å². The van der Waals surface area contributed by atoms with Crippen molar-refractivity contribution in [1.29, 1.82) is 0 Å². The highest BCUT2D eigenvalue weighted by atomic mass is 16.5. The van der Waals surface area contributed by atoms with Crippen LogP contribution in [0.25, 0.3) is 0 Å². The van der Waals surface area contributed by atoms with E-state index in [4.69, 9.17) is 14.2 Å². The van der Waals surface area contributed by atoms with Crippen molar-refractivity contribution in [1.82, 2.24) is 0 Å². The van der Waals surface area contributed by atoms with Crippen LogP contribution in [0.2, 0.25) is 0 Å². The van der Waals surface area contributed by atoms with Crippen molar-refractivity contribution in [3.63, 3.8) is 0 Å². The summed E-state index contributed by atoms with van der Waals surface area (Å²) in [5.41, 5.74) is -0.0831.